The maximum Gasteiger partial charge on any atom is 0.0707 e. The Morgan fingerprint density at radius 2 is 2.13 bits per heavy atom. The molecular formula is C11H24N2OS. The van der Waals surface area contributed by atoms with Crippen LogP contribution in [0, 0.1) is 0 Å². The minimum atomic E-state index is 0.305. The highest BCUT2D eigenvalue weighted by Crippen LogP contribution is 2.20. The Morgan fingerprint density at radius 1 is 1.47 bits per heavy atom. The Bertz CT molecular complexity index is 180. The quantitative estimate of drug-likeness (QED) is 0.746. The van der Waals surface area contributed by atoms with Crippen molar-refractivity contribution in [3.05, 3.63) is 0 Å². The van der Waals surface area contributed by atoms with Crippen LogP contribution in [0.25, 0.3) is 0 Å². The molecule has 0 aromatic rings. The van der Waals surface area contributed by atoms with E-state index in [1.807, 2.05) is 11.8 Å². The number of nitrogens with zero attached hydrogens (tertiary/aromatic N) is 1. The Balaban J connectivity index is 2.23. The van der Waals surface area contributed by atoms with E-state index in [2.05, 4.69) is 25.1 Å². The summed E-state index contributed by atoms with van der Waals surface area (Å²) in [4.78, 5) is 2.39. The van der Waals surface area contributed by atoms with E-state index in [-0.39, 0.29) is 0 Å². The lowest BCUT2D eigenvalue weighted by atomic mass is 10.2. The summed E-state index contributed by atoms with van der Waals surface area (Å²) in [5, 5.41) is 0. The van der Waals surface area contributed by atoms with Gasteiger partial charge in [-0.2, -0.15) is 11.8 Å². The standard InChI is InChI=1S/C11H24N2OS/c1-9(8-15-3)13(2)7-11-5-4-10(6-12)14-11/h9-11H,4-8,12H2,1-3H3. The maximum atomic E-state index is 5.84. The molecule has 0 aliphatic carbocycles. The number of ether oxygens (including phenoxy) is 1. The number of hydrogen-bond donors (Lipinski definition) is 1. The van der Waals surface area contributed by atoms with E-state index in [0.29, 0.717) is 24.8 Å². The van der Waals surface area contributed by atoms with Crippen LogP contribution in [0.15, 0.2) is 0 Å². The Kier molecular flexibility index (Phi) is 5.97. The molecule has 0 saturated carbocycles. The van der Waals surface area contributed by atoms with Gasteiger partial charge in [0.1, 0.15) is 0 Å². The summed E-state index contributed by atoms with van der Waals surface area (Å²) >= 11 is 1.90. The molecule has 4 heteroatoms. The van der Waals surface area contributed by atoms with Gasteiger partial charge in [0.25, 0.3) is 0 Å². The summed E-state index contributed by atoms with van der Waals surface area (Å²) < 4.78 is 5.84. The van der Waals surface area contributed by atoms with Crippen molar-refractivity contribution in [2.75, 3.05) is 32.1 Å². The number of likely N-dealkylation sites (N-methyl/N-ethyl adjacent to an activating group) is 1. The van der Waals surface area contributed by atoms with Gasteiger partial charge in [-0.1, -0.05) is 0 Å². The summed E-state index contributed by atoms with van der Waals surface area (Å²) in [6, 6.07) is 0.625. The predicted molar refractivity (Wildman–Crippen MR) is 67.4 cm³/mol. The first-order valence-electron chi connectivity index (χ1n) is 5.72. The van der Waals surface area contributed by atoms with E-state index in [1.165, 1.54) is 5.75 Å². The summed E-state index contributed by atoms with van der Waals surface area (Å²) in [7, 11) is 2.18. The highest BCUT2D eigenvalue weighted by molar-refractivity contribution is 7.98. The van der Waals surface area contributed by atoms with Gasteiger partial charge < -0.3 is 15.4 Å². The van der Waals surface area contributed by atoms with E-state index in [9.17, 15) is 0 Å². The molecule has 0 amide bonds. The molecule has 0 aromatic heterocycles. The van der Waals surface area contributed by atoms with Crippen LogP contribution in [0.3, 0.4) is 0 Å². The topological polar surface area (TPSA) is 38.5 Å². The van der Waals surface area contributed by atoms with Crippen LogP contribution < -0.4 is 5.73 Å². The van der Waals surface area contributed by atoms with Gasteiger partial charge in [-0.25, -0.2) is 0 Å². The first-order chi connectivity index (χ1) is 7.17. The fourth-order valence-corrected chi connectivity index (χ4v) is 2.69. The van der Waals surface area contributed by atoms with Crippen molar-refractivity contribution in [3.8, 4) is 0 Å². The van der Waals surface area contributed by atoms with Gasteiger partial charge in [0, 0.05) is 24.9 Å². The van der Waals surface area contributed by atoms with Crippen LogP contribution >= 0.6 is 11.8 Å². The molecular weight excluding hydrogens is 208 g/mol. The Morgan fingerprint density at radius 3 is 2.67 bits per heavy atom. The van der Waals surface area contributed by atoms with Crippen LogP contribution in [0.1, 0.15) is 19.8 Å². The molecule has 3 atom stereocenters. The van der Waals surface area contributed by atoms with Gasteiger partial charge in [0.05, 0.1) is 12.2 Å². The lowest BCUT2D eigenvalue weighted by Crippen LogP contribution is -2.37. The fourth-order valence-electron chi connectivity index (χ4n) is 1.96. The van der Waals surface area contributed by atoms with Crippen molar-refractivity contribution in [2.45, 2.75) is 38.0 Å². The lowest BCUT2D eigenvalue weighted by molar-refractivity contribution is 0.0272. The smallest absolute Gasteiger partial charge is 0.0707 e. The zero-order valence-electron chi connectivity index (χ0n) is 10.1. The molecule has 0 aromatic carbocycles. The van der Waals surface area contributed by atoms with Crippen LogP contribution in [0.4, 0.5) is 0 Å². The number of hydrogen-bond acceptors (Lipinski definition) is 4. The Hall–Kier alpha value is 0.230. The molecule has 3 nitrogen and oxygen atoms in total. The van der Waals surface area contributed by atoms with Crippen molar-refractivity contribution < 1.29 is 4.74 Å². The van der Waals surface area contributed by atoms with E-state index in [1.54, 1.807) is 0 Å². The van der Waals surface area contributed by atoms with Gasteiger partial charge >= 0.3 is 0 Å². The third-order valence-electron chi connectivity index (χ3n) is 3.11. The highest BCUT2D eigenvalue weighted by Gasteiger charge is 2.25. The highest BCUT2D eigenvalue weighted by atomic mass is 32.2. The molecule has 0 bridgehead atoms. The molecule has 1 aliphatic rings. The lowest BCUT2D eigenvalue weighted by Gasteiger charge is -2.26. The normalized spacial score (nSPS) is 28.6. The van der Waals surface area contributed by atoms with Crippen LogP contribution in [-0.4, -0.2) is 55.3 Å². The molecule has 1 fully saturated rings. The molecule has 1 aliphatic heterocycles. The molecule has 0 radical (unpaired) electrons. The number of rotatable bonds is 6. The molecule has 0 spiro atoms. The third-order valence-corrected chi connectivity index (χ3v) is 3.93. The SMILES string of the molecule is CSCC(C)N(C)CC1CCC(CN)O1. The van der Waals surface area contributed by atoms with Crippen molar-refractivity contribution in [2.24, 2.45) is 5.73 Å². The first-order valence-corrected chi connectivity index (χ1v) is 7.11. The molecule has 3 unspecified atom stereocenters. The summed E-state index contributed by atoms with van der Waals surface area (Å²) in [6.45, 7) is 3.98. The zero-order chi connectivity index (χ0) is 11.3. The summed E-state index contributed by atoms with van der Waals surface area (Å²) in [6.07, 6.45) is 5.15. The second kappa shape index (κ2) is 6.74. The summed E-state index contributed by atoms with van der Waals surface area (Å²) in [5.74, 6) is 1.18. The zero-order valence-corrected chi connectivity index (χ0v) is 10.9. The van der Waals surface area contributed by atoms with Gasteiger partial charge in [-0.05, 0) is 33.1 Å². The van der Waals surface area contributed by atoms with E-state index < -0.39 is 0 Å². The van der Waals surface area contributed by atoms with Crippen LogP contribution in [-0.2, 0) is 4.74 Å². The number of thioether (sulfide) groups is 1. The van der Waals surface area contributed by atoms with Gasteiger partial charge in [0.15, 0.2) is 0 Å². The fraction of sp³-hybridized carbons (Fsp3) is 1.00. The average Bonchev–Trinajstić information content (AvgIpc) is 2.66. The van der Waals surface area contributed by atoms with Gasteiger partial charge in [0.2, 0.25) is 0 Å². The second-order valence-electron chi connectivity index (χ2n) is 4.44. The number of nitrogens with two attached hydrogens (primary N) is 1. The predicted octanol–water partition coefficient (Wildman–Crippen LogP) is 1.18. The minimum absolute atomic E-state index is 0.305. The van der Waals surface area contributed by atoms with Crippen molar-refractivity contribution in [3.63, 3.8) is 0 Å². The van der Waals surface area contributed by atoms with Crippen LogP contribution in [0.5, 0.6) is 0 Å². The van der Waals surface area contributed by atoms with Gasteiger partial charge in [-0.3, -0.25) is 0 Å². The largest absolute Gasteiger partial charge is 0.372 e. The molecule has 1 heterocycles. The van der Waals surface area contributed by atoms with E-state index in [4.69, 9.17) is 10.5 Å². The molecule has 1 saturated heterocycles. The average molecular weight is 232 g/mol. The van der Waals surface area contributed by atoms with E-state index >= 15 is 0 Å². The van der Waals surface area contributed by atoms with Crippen molar-refractivity contribution in [1.29, 1.82) is 0 Å². The monoisotopic (exact) mass is 232 g/mol. The Labute approximate surface area is 97.7 Å². The third kappa shape index (κ3) is 4.31. The second-order valence-corrected chi connectivity index (χ2v) is 5.35. The first kappa shape index (κ1) is 13.3. The van der Waals surface area contributed by atoms with Crippen molar-refractivity contribution >= 4 is 11.8 Å². The molecule has 15 heavy (non-hydrogen) atoms. The van der Waals surface area contributed by atoms with Crippen LogP contribution in [0.2, 0.25) is 0 Å². The minimum Gasteiger partial charge on any atom is -0.372 e. The molecule has 2 N–H and O–H groups in total. The van der Waals surface area contributed by atoms with Gasteiger partial charge in [-0.15, -0.1) is 0 Å². The maximum absolute atomic E-state index is 5.84. The summed E-state index contributed by atoms with van der Waals surface area (Å²) in [5.41, 5.74) is 5.59. The molecule has 1 rings (SSSR count). The molecule has 90 valence electrons. The van der Waals surface area contributed by atoms with E-state index in [0.717, 1.165) is 19.4 Å². The van der Waals surface area contributed by atoms with Crippen molar-refractivity contribution in [1.82, 2.24) is 4.90 Å².